The van der Waals surface area contributed by atoms with Crippen LogP contribution in [0.1, 0.15) is 10.4 Å². The summed E-state index contributed by atoms with van der Waals surface area (Å²) in [5.74, 6) is -1.28. The van der Waals surface area contributed by atoms with Crippen LogP contribution in [0, 0.1) is 5.82 Å². The first-order valence-electron chi connectivity index (χ1n) is 6.24. The highest BCUT2D eigenvalue weighted by molar-refractivity contribution is 6.05. The lowest BCUT2D eigenvalue weighted by Crippen LogP contribution is -2.21. The first-order chi connectivity index (χ1) is 10.1. The van der Waals surface area contributed by atoms with Crippen molar-refractivity contribution in [2.75, 3.05) is 5.32 Å². The first kappa shape index (κ1) is 13.1. The molecule has 3 aromatic rings. The molecule has 3 rings (SSSR count). The minimum Gasteiger partial charge on any atom is -0.422 e. The molecule has 21 heavy (non-hydrogen) atoms. The summed E-state index contributed by atoms with van der Waals surface area (Å²) < 4.78 is 18.6. The number of carbonyl (C=O) groups is 1. The van der Waals surface area contributed by atoms with Crippen LogP contribution >= 0.6 is 0 Å². The number of fused-ring (bicyclic) bond motifs is 1. The van der Waals surface area contributed by atoms with E-state index in [9.17, 15) is 14.0 Å². The van der Waals surface area contributed by atoms with Crippen LogP contribution in [0.25, 0.3) is 11.0 Å². The lowest BCUT2D eigenvalue weighted by atomic mass is 10.1. The molecule has 0 saturated carbocycles. The van der Waals surface area contributed by atoms with Gasteiger partial charge in [-0.1, -0.05) is 30.3 Å². The van der Waals surface area contributed by atoms with Gasteiger partial charge >= 0.3 is 5.63 Å². The van der Waals surface area contributed by atoms with Gasteiger partial charge in [-0.05, 0) is 24.3 Å². The molecule has 0 bridgehead atoms. The molecule has 1 N–H and O–H groups in total. The van der Waals surface area contributed by atoms with E-state index in [2.05, 4.69) is 5.32 Å². The number of para-hydroxylation sites is 2. The molecular formula is C16H10FNO3. The van der Waals surface area contributed by atoms with E-state index in [1.165, 1.54) is 24.3 Å². The molecule has 0 aliphatic rings. The molecule has 104 valence electrons. The standard InChI is InChI=1S/C16H10FNO3/c17-12-6-2-3-7-13(12)18-15(19)11-9-10-5-1-4-8-14(10)21-16(11)20/h1-9H,(H,18,19). The summed E-state index contributed by atoms with van der Waals surface area (Å²) in [5, 5.41) is 2.98. The SMILES string of the molecule is O=C(Nc1ccccc1F)c1cc2ccccc2oc1=O. The van der Waals surface area contributed by atoms with Gasteiger partial charge in [0.1, 0.15) is 17.0 Å². The van der Waals surface area contributed by atoms with E-state index >= 15 is 0 Å². The molecule has 0 saturated heterocycles. The number of rotatable bonds is 2. The lowest BCUT2D eigenvalue weighted by Gasteiger charge is -2.06. The Balaban J connectivity index is 2.00. The second kappa shape index (κ2) is 5.20. The summed E-state index contributed by atoms with van der Waals surface area (Å²) >= 11 is 0. The smallest absolute Gasteiger partial charge is 0.349 e. The van der Waals surface area contributed by atoms with Crippen molar-refractivity contribution in [2.24, 2.45) is 0 Å². The predicted octanol–water partition coefficient (Wildman–Crippen LogP) is 3.18. The molecule has 1 heterocycles. The molecule has 0 unspecified atom stereocenters. The largest absolute Gasteiger partial charge is 0.422 e. The van der Waals surface area contributed by atoms with Gasteiger partial charge in [-0.15, -0.1) is 0 Å². The molecule has 1 amide bonds. The summed E-state index contributed by atoms with van der Waals surface area (Å²) in [6, 6.07) is 14.0. The third kappa shape index (κ3) is 2.53. The van der Waals surface area contributed by atoms with Gasteiger partial charge in [0.15, 0.2) is 0 Å². The highest BCUT2D eigenvalue weighted by Crippen LogP contribution is 2.16. The average molecular weight is 283 g/mol. The van der Waals surface area contributed by atoms with Crippen LogP contribution in [0.2, 0.25) is 0 Å². The Morgan fingerprint density at radius 2 is 1.76 bits per heavy atom. The Kier molecular flexibility index (Phi) is 3.23. The maximum absolute atomic E-state index is 13.5. The van der Waals surface area contributed by atoms with Crippen molar-refractivity contribution in [3.05, 3.63) is 76.4 Å². The van der Waals surface area contributed by atoms with Crippen LogP contribution < -0.4 is 10.9 Å². The van der Waals surface area contributed by atoms with E-state index in [1.54, 1.807) is 30.3 Å². The van der Waals surface area contributed by atoms with Gasteiger partial charge in [0, 0.05) is 5.39 Å². The summed E-state index contributed by atoms with van der Waals surface area (Å²) in [7, 11) is 0. The molecule has 2 aromatic carbocycles. The number of halogens is 1. The Bertz CT molecular complexity index is 886. The Morgan fingerprint density at radius 3 is 2.57 bits per heavy atom. The van der Waals surface area contributed by atoms with Crippen LogP contribution in [-0.2, 0) is 0 Å². The van der Waals surface area contributed by atoms with Gasteiger partial charge in [-0.25, -0.2) is 9.18 Å². The van der Waals surface area contributed by atoms with Crippen LogP contribution in [0.3, 0.4) is 0 Å². The summed E-state index contributed by atoms with van der Waals surface area (Å²) in [5.41, 5.74) is -0.528. The quantitative estimate of drug-likeness (QED) is 0.735. The zero-order chi connectivity index (χ0) is 14.8. The minimum atomic E-state index is -0.762. The van der Waals surface area contributed by atoms with Gasteiger partial charge < -0.3 is 9.73 Å². The fourth-order valence-electron chi connectivity index (χ4n) is 1.97. The predicted molar refractivity (Wildman–Crippen MR) is 76.8 cm³/mol. The molecule has 0 spiro atoms. The van der Waals surface area contributed by atoms with Crippen molar-refractivity contribution in [2.45, 2.75) is 0 Å². The molecular weight excluding hydrogens is 273 g/mol. The Hall–Kier alpha value is -2.95. The molecule has 4 nitrogen and oxygen atoms in total. The topological polar surface area (TPSA) is 59.3 Å². The van der Waals surface area contributed by atoms with Crippen molar-refractivity contribution < 1.29 is 13.6 Å². The van der Waals surface area contributed by atoms with Crippen molar-refractivity contribution in [1.29, 1.82) is 0 Å². The zero-order valence-corrected chi connectivity index (χ0v) is 10.8. The maximum atomic E-state index is 13.5. The van der Waals surface area contributed by atoms with E-state index < -0.39 is 17.3 Å². The van der Waals surface area contributed by atoms with Crippen LogP contribution in [0.15, 0.2) is 63.8 Å². The van der Waals surface area contributed by atoms with E-state index in [1.807, 2.05) is 0 Å². The number of hydrogen-bond acceptors (Lipinski definition) is 3. The van der Waals surface area contributed by atoms with Gasteiger partial charge in [0.05, 0.1) is 5.69 Å². The summed E-state index contributed by atoms with van der Waals surface area (Å²) in [4.78, 5) is 23.9. The molecule has 1 aromatic heterocycles. The molecule has 0 aliphatic carbocycles. The fraction of sp³-hybridized carbons (Fsp3) is 0. The molecule has 5 heteroatoms. The average Bonchev–Trinajstić information content (AvgIpc) is 2.49. The maximum Gasteiger partial charge on any atom is 0.349 e. The zero-order valence-electron chi connectivity index (χ0n) is 10.8. The second-order valence-corrected chi connectivity index (χ2v) is 4.42. The molecule has 0 aliphatic heterocycles. The van der Waals surface area contributed by atoms with Crippen molar-refractivity contribution in [1.82, 2.24) is 0 Å². The summed E-state index contributed by atoms with van der Waals surface area (Å²) in [6.45, 7) is 0. The normalized spacial score (nSPS) is 10.5. The van der Waals surface area contributed by atoms with E-state index in [0.29, 0.717) is 11.0 Å². The van der Waals surface area contributed by atoms with E-state index in [-0.39, 0.29) is 11.3 Å². The highest BCUT2D eigenvalue weighted by atomic mass is 19.1. The Labute approximate surface area is 118 Å². The van der Waals surface area contributed by atoms with Crippen LogP contribution in [0.5, 0.6) is 0 Å². The molecule has 0 radical (unpaired) electrons. The molecule has 0 atom stereocenters. The third-order valence-corrected chi connectivity index (χ3v) is 3.01. The van der Waals surface area contributed by atoms with E-state index in [4.69, 9.17) is 4.42 Å². The van der Waals surface area contributed by atoms with Gasteiger partial charge in [-0.3, -0.25) is 4.79 Å². The lowest BCUT2D eigenvalue weighted by molar-refractivity contribution is 0.102. The number of benzene rings is 2. The fourth-order valence-corrected chi connectivity index (χ4v) is 1.97. The number of anilines is 1. The van der Waals surface area contributed by atoms with Gasteiger partial charge in [0.2, 0.25) is 0 Å². The summed E-state index contributed by atoms with van der Waals surface area (Å²) in [6.07, 6.45) is 0. The number of hydrogen-bond donors (Lipinski definition) is 1. The molecule has 0 fully saturated rings. The minimum absolute atomic E-state index is 0.00931. The monoisotopic (exact) mass is 283 g/mol. The highest BCUT2D eigenvalue weighted by Gasteiger charge is 2.15. The van der Waals surface area contributed by atoms with Gasteiger partial charge in [-0.2, -0.15) is 0 Å². The van der Waals surface area contributed by atoms with E-state index in [0.717, 1.165) is 0 Å². The van der Waals surface area contributed by atoms with Crippen LogP contribution in [0.4, 0.5) is 10.1 Å². The van der Waals surface area contributed by atoms with Crippen molar-refractivity contribution in [3.8, 4) is 0 Å². The number of amides is 1. The number of carbonyl (C=O) groups excluding carboxylic acids is 1. The third-order valence-electron chi connectivity index (χ3n) is 3.01. The van der Waals surface area contributed by atoms with Crippen molar-refractivity contribution in [3.63, 3.8) is 0 Å². The van der Waals surface area contributed by atoms with Gasteiger partial charge in [0.25, 0.3) is 5.91 Å². The first-order valence-corrected chi connectivity index (χ1v) is 6.24. The van der Waals surface area contributed by atoms with Crippen LogP contribution in [-0.4, -0.2) is 5.91 Å². The van der Waals surface area contributed by atoms with Crippen molar-refractivity contribution >= 4 is 22.6 Å². The number of nitrogens with one attached hydrogen (secondary N) is 1. The Morgan fingerprint density at radius 1 is 1.05 bits per heavy atom. The second-order valence-electron chi connectivity index (χ2n) is 4.42.